The number of aromatic amines is 1. The molecule has 0 fully saturated rings. The topological polar surface area (TPSA) is 96.1 Å². The van der Waals surface area contributed by atoms with Gasteiger partial charge in [0.15, 0.2) is 5.78 Å². The Morgan fingerprint density at radius 3 is 2.70 bits per heavy atom. The van der Waals surface area contributed by atoms with Crippen LogP contribution in [0, 0.1) is 0 Å². The average Bonchev–Trinajstić information content (AvgIpc) is 3.17. The van der Waals surface area contributed by atoms with Crippen molar-refractivity contribution in [2.24, 2.45) is 0 Å². The van der Waals surface area contributed by atoms with E-state index in [1.54, 1.807) is 25.5 Å². The van der Waals surface area contributed by atoms with Crippen LogP contribution in [0.25, 0.3) is 11.0 Å². The molecule has 3 rings (SSSR count). The molecule has 8 heteroatoms. The molecule has 1 atom stereocenters. The molecule has 3 aromatic rings. The van der Waals surface area contributed by atoms with Crippen LogP contribution in [0.2, 0.25) is 5.02 Å². The molecular formula is C22H25ClN4O3. The van der Waals surface area contributed by atoms with Gasteiger partial charge >= 0.3 is 0 Å². The van der Waals surface area contributed by atoms with Crippen molar-refractivity contribution in [2.45, 2.75) is 25.8 Å². The molecular weight excluding hydrogens is 404 g/mol. The zero-order chi connectivity index (χ0) is 21.8. The number of ether oxygens (including phenoxy) is 1. The SMILES string of the molecule is CNc1cnc2[nH]cc(C(=O)c3ccc(C(C)C)cc3Cl)c2c1NC(C=O)COC. The number of fused-ring (bicyclic) bond motifs is 1. The van der Waals surface area contributed by atoms with Crippen LogP contribution in [0.15, 0.2) is 30.6 Å². The molecule has 2 heterocycles. The highest BCUT2D eigenvalue weighted by molar-refractivity contribution is 6.35. The lowest BCUT2D eigenvalue weighted by Gasteiger charge is -2.18. The van der Waals surface area contributed by atoms with Crippen LogP contribution in [0.4, 0.5) is 11.4 Å². The third-order valence-electron chi connectivity index (χ3n) is 4.96. The predicted octanol–water partition coefficient (Wildman–Crippen LogP) is 4.24. The number of aldehydes is 1. The zero-order valence-electron chi connectivity index (χ0n) is 17.4. The van der Waals surface area contributed by atoms with Crippen LogP contribution in [-0.2, 0) is 9.53 Å². The largest absolute Gasteiger partial charge is 0.385 e. The molecule has 0 aliphatic heterocycles. The summed E-state index contributed by atoms with van der Waals surface area (Å²) in [6, 6.07) is 4.90. The van der Waals surface area contributed by atoms with Crippen molar-refractivity contribution in [3.63, 3.8) is 0 Å². The summed E-state index contributed by atoms with van der Waals surface area (Å²) in [4.78, 5) is 32.3. The minimum Gasteiger partial charge on any atom is -0.385 e. The van der Waals surface area contributed by atoms with Gasteiger partial charge in [-0.25, -0.2) is 4.98 Å². The van der Waals surface area contributed by atoms with Gasteiger partial charge in [-0.3, -0.25) is 4.79 Å². The monoisotopic (exact) mass is 428 g/mol. The van der Waals surface area contributed by atoms with Crippen molar-refractivity contribution in [3.05, 3.63) is 52.3 Å². The molecule has 0 bridgehead atoms. The number of hydrogen-bond donors (Lipinski definition) is 3. The van der Waals surface area contributed by atoms with Gasteiger partial charge in [-0.1, -0.05) is 31.5 Å². The lowest BCUT2D eigenvalue weighted by molar-refractivity contribution is -0.109. The highest BCUT2D eigenvalue weighted by Crippen LogP contribution is 2.35. The number of carbonyl (C=O) groups is 2. The van der Waals surface area contributed by atoms with E-state index in [-0.39, 0.29) is 12.4 Å². The number of H-pyrrole nitrogens is 1. The van der Waals surface area contributed by atoms with Crippen LogP contribution < -0.4 is 10.6 Å². The van der Waals surface area contributed by atoms with Gasteiger partial charge in [0.05, 0.1) is 40.2 Å². The molecule has 7 nitrogen and oxygen atoms in total. The first-order valence-corrected chi connectivity index (χ1v) is 10.0. The third kappa shape index (κ3) is 4.17. The zero-order valence-corrected chi connectivity index (χ0v) is 18.1. The maximum atomic E-state index is 13.4. The lowest BCUT2D eigenvalue weighted by atomic mass is 9.97. The molecule has 0 saturated carbocycles. The van der Waals surface area contributed by atoms with Crippen LogP contribution in [0.5, 0.6) is 0 Å². The maximum absolute atomic E-state index is 13.4. The molecule has 0 radical (unpaired) electrons. The maximum Gasteiger partial charge on any atom is 0.196 e. The summed E-state index contributed by atoms with van der Waals surface area (Å²) in [5.41, 5.74) is 3.66. The number of nitrogens with one attached hydrogen (secondary N) is 3. The number of halogens is 1. The van der Waals surface area contributed by atoms with Gasteiger partial charge < -0.3 is 25.1 Å². The average molecular weight is 429 g/mol. The van der Waals surface area contributed by atoms with Crippen LogP contribution in [-0.4, -0.2) is 48.8 Å². The summed E-state index contributed by atoms with van der Waals surface area (Å²) >= 11 is 6.45. The minimum atomic E-state index is -0.584. The van der Waals surface area contributed by atoms with Gasteiger partial charge in [0.1, 0.15) is 18.0 Å². The minimum absolute atomic E-state index is 0.187. The number of benzene rings is 1. The van der Waals surface area contributed by atoms with Crippen molar-refractivity contribution >= 4 is 46.1 Å². The van der Waals surface area contributed by atoms with Crippen molar-refractivity contribution in [2.75, 3.05) is 31.4 Å². The Morgan fingerprint density at radius 1 is 1.33 bits per heavy atom. The second-order valence-electron chi connectivity index (χ2n) is 7.29. The van der Waals surface area contributed by atoms with Gasteiger partial charge in [0.2, 0.25) is 0 Å². The molecule has 0 saturated heterocycles. The molecule has 2 aromatic heterocycles. The van der Waals surface area contributed by atoms with Gasteiger partial charge in [-0.05, 0) is 23.6 Å². The predicted molar refractivity (Wildman–Crippen MR) is 120 cm³/mol. The summed E-state index contributed by atoms with van der Waals surface area (Å²) in [6.45, 7) is 4.32. The second kappa shape index (κ2) is 9.28. The fraction of sp³-hybridized carbons (Fsp3) is 0.318. The molecule has 158 valence electrons. The normalized spacial score (nSPS) is 12.2. The Balaban J connectivity index is 2.13. The number of methoxy groups -OCH3 is 1. The van der Waals surface area contributed by atoms with Gasteiger partial charge in [0.25, 0.3) is 0 Å². The Morgan fingerprint density at radius 2 is 2.10 bits per heavy atom. The van der Waals surface area contributed by atoms with Gasteiger partial charge in [0, 0.05) is 25.9 Å². The standard InChI is InChI=1S/C22H25ClN4O3/c1-12(2)13-5-6-15(17(23)7-13)21(29)16-8-25-22-19(16)20(18(24-3)9-26-22)27-14(10-28)11-30-4/h5-10,12,14,24H,11H2,1-4H3,(H2,25,26,27). The van der Waals surface area contributed by atoms with Crippen LogP contribution in [0.3, 0.4) is 0 Å². The quantitative estimate of drug-likeness (QED) is 0.348. The number of nitrogens with zero attached hydrogens (tertiary/aromatic N) is 1. The van der Waals surface area contributed by atoms with E-state index in [1.807, 2.05) is 12.1 Å². The van der Waals surface area contributed by atoms with Crippen molar-refractivity contribution < 1.29 is 14.3 Å². The van der Waals surface area contributed by atoms with E-state index in [9.17, 15) is 9.59 Å². The fourth-order valence-corrected chi connectivity index (χ4v) is 3.59. The van der Waals surface area contributed by atoms with Gasteiger partial charge in [-0.2, -0.15) is 0 Å². The molecule has 3 N–H and O–H groups in total. The molecule has 0 aliphatic rings. The number of pyridine rings is 1. The molecule has 1 aromatic carbocycles. The molecule has 0 amide bonds. The van der Waals surface area contributed by atoms with E-state index >= 15 is 0 Å². The van der Waals surface area contributed by atoms with E-state index in [1.165, 1.54) is 7.11 Å². The highest BCUT2D eigenvalue weighted by Gasteiger charge is 2.23. The lowest BCUT2D eigenvalue weighted by Crippen LogP contribution is -2.27. The van der Waals surface area contributed by atoms with E-state index in [0.717, 1.165) is 11.8 Å². The Bertz CT molecular complexity index is 1080. The fourth-order valence-electron chi connectivity index (χ4n) is 3.31. The molecule has 30 heavy (non-hydrogen) atoms. The van der Waals surface area contributed by atoms with Gasteiger partial charge in [-0.15, -0.1) is 0 Å². The second-order valence-corrected chi connectivity index (χ2v) is 7.70. The summed E-state index contributed by atoms with van der Waals surface area (Å²) in [7, 11) is 3.27. The Hall–Kier alpha value is -2.90. The van der Waals surface area contributed by atoms with Crippen LogP contribution >= 0.6 is 11.6 Å². The van der Waals surface area contributed by atoms with Crippen LogP contribution in [0.1, 0.15) is 41.3 Å². The number of carbonyl (C=O) groups excluding carboxylic acids is 2. The summed E-state index contributed by atoms with van der Waals surface area (Å²) in [6.07, 6.45) is 4.02. The molecule has 0 spiro atoms. The van der Waals surface area contributed by atoms with Crippen molar-refractivity contribution in [1.82, 2.24) is 9.97 Å². The first-order valence-electron chi connectivity index (χ1n) is 9.64. The first-order chi connectivity index (χ1) is 14.4. The summed E-state index contributed by atoms with van der Waals surface area (Å²) in [5.74, 6) is 0.0769. The molecule has 1 unspecified atom stereocenters. The first kappa shape index (κ1) is 21.8. The number of rotatable bonds is 9. The Kier molecular flexibility index (Phi) is 6.74. The van der Waals surface area contributed by atoms with E-state index in [0.29, 0.717) is 44.5 Å². The number of aromatic nitrogens is 2. The van der Waals surface area contributed by atoms with E-state index in [4.69, 9.17) is 16.3 Å². The number of ketones is 1. The number of anilines is 2. The summed E-state index contributed by atoms with van der Waals surface area (Å²) < 4.78 is 5.11. The van der Waals surface area contributed by atoms with Crippen molar-refractivity contribution in [1.29, 1.82) is 0 Å². The highest BCUT2D eigenvalue weighted by atomic mass is 35.5. The Labute approximate surface area is 180 Å². The summed E-state index contributed by atoms with van der Waals surface area (Å²) in [5, 5.41) is 7.20. The number of hydrogen-bond acceptors (Lipinski definition) is 6. The van der Waals surface area contributed by atoms with Crippen molar-refractivity contribution in [3.8, 4) is 0 Å². The van der Waals surface area contributed by atoms with E-state index < -0.39 is 6.04 Å². The smallest absolute Gasteiger partial charge is 0.196 e. The molecule has 0 aliphatic carbocycles. The third-order valence-corrected chi connectivity index (χ3v) is 5.27. The van der Waals surface area contributed by atoms with E-state index in [2.05, 4.69) is 34.4 Å².